The summed E-state index contributed by atoms with van der Waals surface area (Å²) in [5.41, 5.74) is -0.104. The van der Waals surface area contributed by atoms with Crippen molar-refractivity contribution in [3.8, 4) is 6.07 Å². The molecule has 0 amide bonds. The summed E-state index contributed by atoms with van der Waals surface area (Å²) >= 11 is 0. The third kappa shape index (κ3) is 0.951. The Morgan fingerprint density at radius 2 is 2.27 bits per heavy atom. The minimum Gasteiger partial charge on any atom is -0.229 e. The predicted molar refractivity (Wildman–Crippen MR) is 39.4 cm³/mol. The fourth-order valence-electron chi connectivity index (χ4n) is 1.91. The van der Waals surface area contributed by atoms with Gasteiger partial charge in [0.05, 0.1) is 23.5 Å². The maximum absolute atomic E-state index is 11.0. The molecule has 1 aliphatic carbocycles. The van der Waals surface area contributed by atoms with Crippen molar-refractivity contribution in [2.24, 2.45) is 11.3 Å². The van der Waals surface area contributed by atoms with E-state index in [1.165, 1.54) is 0 Å². The van der Waals surface area contributed by atoms with Gasteiger partial charge in [-0.2, -0.15) is 5.26 Å². The molecular weight excluding hydrogens is 162 g/mol. The monoisotopic (exact) mass is 171 g/mol. The van der Waals surface area contributed by atoms with Crippen LogP contribution in [0.5, 0.6) is 0 Å². The molecule has 0 bridgehead atoms. The Morgan fingerprint density at radius 1 is 1.55 bits per heavy atom. The summed E-state index contributed by atoms with van der Waals surface area (Å²) in [6, 6.07) is 2.14. The van der Waals surface area contributed by atoms with Crippen LogP contribution in [0.3, 0.4) is 0 Å². The summed E-state index contributed by atoms with van der Waals surface area (Å²) in [5.74, 6) is 0.587. The van der Waals surface area contributed by atoms with Gasteiger partial charge in [0.2, 0.25) is 0 Å². The SMILES string of the molecule is N#CC1CC12CCS(=O)(=O)C2. The maximum Gasteiger partial charge on any atom is 0.150 e. The molecule has 0 aromatic heterocycles. The molecule has 2 atom stereocenters. The quantitative estimate of drug-likeness (QED) is 0.528. The van der Waals surface area contributed by atoms with E-state index in [4.69, 9.17) is 5.26 Å². The van der Waals surface area contributed by atoms with Crippen LogP contribution in [0, 0.1) is 22.7 Å². The van der Waals surface area contributed by atoms with E-state index in [1.54, 1.807) is 0 Å². The molecule has 2 aliphatic rings. The highest BCUT2D eigenvalue weighted by atomic mass is 32.2. The second-order valence-electron chi connectivity index (χ2n) is 3.59. The molecule has 0 radical (unpaired) electrons. The number of hydrogen-bond donors (Lipinski definition) is 0. The van der Waals surface area contributed by atoms with Gasteiger partial charge in [-0.15, -0.1) is 0 Å². The normalized spacial score (nSPS) is 45.5. The van der Waals surface area contributed by atoms with Crippen LogP contribution in [0.1, 0.15) is 12.8 Å². The van der Waals surface area contributed by atoms with Crippen LogP contribution in [0.2, 0.25) is 0 Å². The van der Waals surface area contributed by atoms with Crippen molar-refractivity contribution in [2.45, 2.75) is 12.8 Å². The first-order valence-corrected chi connectivity index (χ1v) is 5.50. The molecule has 0 aromatic carbocycles. The third-order valence-corrected chi connectivity index (χ3v) is 4.60. The standard InChI is InChI=1S/C7H9NO2S/c8-4-6-3-7(6)1-2-11(9,10)5-7/h6H,1-3,5H2. The van der Waals surface area contributed by atoms with Crippen LogP contribution in [0.25, 0.3) is 0 Å². The molecule has 4 heteroatoms. The zero-order valence-electron chi connectivity index (χ0n) is 6.08. The molecule has 1 saturated heterocycles. The Hall–Kier alpha value is -0.560. The molecule has 11 heavy (non-hydrogen) atoms. The van der Waals surface area contributed by atoms with Gasteiger partial charge in [0.1, 0.15) is 0 Å². The predicted octanol–water partition coefficient (Wildman–Crippen LogP) is 0.335. The molecule has 1 spiro atoms. The van der Waals surface area contributed by atoms with E-state index in [0.29, 0.717) is 12.2 Å². The first kappa shape index (κ1) is 7.11. The van der Waals surface area contributed by atoms with Crippen LogP contribution in [0.15, 0.2) is 0 Å². The molecule has 3 nitrogen and oxygen atoms in total. The van der Waals surface area contributed by atoms with Crippen LogP contribution in [-0.2, 0) is 9.84 Å². The Bertz CT molecular complexity index is 327. The summed E-state index contributed by atoms with van der Waals surface area (Å²) in [5, 5.41) is 8.56. The molecule has 1 saturated carbocycles. The Kier molecular flexibility index (Phi) is 1.15. The van der Waals surface area contributed by atoms with Gasteiger partial charge < -0.3 is 0 Å². The van der Waals surface area contributed by atoms with Gasteiger partial charge in [-0.05, 0) is 12.8 Å². The highest BCUT2D eigenvalue weighted by Crippen LogP contribution is 2.58. The number of sulfone groups is 1. The highest BCUT2D eigenvalue weighted by Gasteiger charge is 2.60. The first-order valence-electron chi connectivity index (χ1n) is 3.68. The van der Waals surface area contributed by atoms with Gasteiger partial charge in [-0.1, -0.05) is 0 Å². The first-order chi connectivity index (χ1) is 5.08. The lowest BCUT2D eigenvalue weighted by Crippen LogP contribution is -2.06. The average Bonchev–Trinajstić information content (AvgIpc) is 2.49. The summed E-state index contributed by atoms with van der Waals surface area (Å²) in [6.07, 6.45) is 1.52. The van der Waals surface area contributed by atoms with Crippen molar-refractivity contribution in [1.29, 1.82) is 5.26 Å². The minimum absolute atomic E-state index is 0.0276. The summed E-state index contributed by atoms with van der Waals surface area (Å²) in [6.45, 7) is 0. The maximum atomic E-state index is 11.0. The topological polar surface area (TPSA) is 57.9 Å². The minimum atomic E-state index is -2.79. The number of nitriles is 1. The van der Waals surface area contributed by atoms with E-state index in [2.05, 4.69) is 6.07 Å². The van der Waals surface area contributed by atoms with Crippen LogP contribution >= 0.6 is 0 Å². The van der Waals surface area contributed by atoms with Crippen LogP contribution in [0.4, 0.5) is 0 Å². The Morgan fingerprint density at radius 3 is 2.64 bits per heavy atom. The fourth-order valence-corrected chi connectivity index (χ4v) is 4.11. The van der Waals surface area contributed by atoms with Crippen molar-refractivity contribution >= 4 is 9.84 Å². The molecular formula is C7H9NO2S. The highest BCUT2D eigenvalue weighted by molar-refractivity contribution is 7.91. The van der Waals surface area contributed by atoms with Crippen LogP contribution in [-0.4, -0.2) is 19.9 Å². The number of nitrogens with zero attached hydrogens (tertiary/aromatic N) is 1. The summed E-state index contributed by atoms with van der Waals surface area (Å²) in [4.78, 5) is 0. The van der Waals surface area contributed by atoms with Crippen molar-refractivity contribution in [1.82, 2.24) is 0 Å². The van der Waals surface area contributed by atoms with Crippen molar-refractivity contribution in [3.63, 3.8) is 0 Å². The van der Waals surface area contributed by atoms with Crippen LogP contribution < -0.4 is 0 Å². The van der Waals surface area contributed by atoms with E-state index in [9.17, 15) is 8.42 Å². The lowest BCUT2D eigenvalue weighted by atomic mass is 10.0. The van der Waals surface area contributed by atoms with Gasteiger partial charge in [0, 0.05) is 5.41 Å². The molecule has 2 unspecified atom stereocenters. The van der Waals surface area contributed by atoms with Gasteiger partial charge in [-0.3, -0.25) is 0 Å². The molecule has 1 heterocycles. The van der Waals surface area contributed by atoms with Gasteiger partial charge >= 0.3 is 0 Å². The van der Waals surface area contributed by atoms with Gasteiger partial charge in [0.15, 0.2) is 9.84 Å². The zero-order chi connectivity index (χ0) is 8.11. The fraction of sp³-hybridized carbons (Fsp3) is 0.857. The van der Waals surface area contributed by atoms with Crippen molar-refractivity contribution < 1.29 is 8.42 Å². The molecule has 0 aromatic rings. The largest absolute Gasteiger partial charge is 0.229 e. The zero-order valence-corrected chi connectivity index (χ0v) is 6.89. The molecule has 0 N–H and O–H groups in total. The Balaban J connectivity index is 2.21. The van der Waals surface area contributed by atoms with E-state index < -0.39 is 9.84 Å². The number of rotatable bonds is 0. The molecule has 2 fully saturated rings. The molecule has 2 rings (SSSR count). The number of hydrogen-bond acceptors (Lipinski definition) is 3. The Labute approximate surface area is 65.9 Å². The van der Waals surface area contributed by atoms with Crippen molar-refractivity contribution in [2.75, 3.05) is 11.5 Å². The van der Waals surface area contributed by atoms with Crippen molar-refractivity contribution in [3.05, 3.63) is 0 Å². The second-order valence-corrected chi connectivity index (χ2v) is 5.77. The lowest BCUT2D eigenvalue weighted by Gasteiger charge is -1.98. The van der Waals surface area contributed by atoms with E-state index in [1.807, 2.05) is 0 Å². The third-order valence-electron chi connectivity index (χ3n) is 2.76. The summed E-state index contributed by atoms with van der Waals surface area (Å²) < 4.78 is 22.1. The van der Waals surface area contributed by atoms with E-state index in [-0.39, 0.29) is 17.1 Å². The van der Waals surface area contributed by atoms with E-state index in [0.717, 1.165) is 6.42 Å². The molecule has 60 valence electrons. The lowest BCUT2D eigenvalue weighted by molar-refractivity contribution is 0.554. The molecule has 1 aliphatic heterocycles. The smallest absolute Gasteiger partial charge is 0.150 e. The summed E-state index contributed by atoms with van der Waals surface area (Å²) in [7, 11) is -2.79. The second kappa shape index (κ2) is 1.78. The van der Waals surface area contributed by atoms with Gasteiger partial charge in [-0.25, -0.2) is 8.42 Å². The van der Waals surface area contributed by atoms with Gasteiger partial charge in [0.25, 0.3) is 0 Å². The van der Waals surface area contributed by atoms with E-state index >= 15 is 0 Å². The average molecular weight is 171 g/mol.